The number of piperidine rings is 1. The van der Waals surface area contributed by atoms with Gasteiger partial charge in [-0.1, -0.05) is 28.1 Å². The molecular formula is C21H25BrN2O4S. The summed E-state index contributed by atoms with van der Waals surface area (Å²) >= 11 is 3.32. The summed E-state index contributed by atoms with van der Waals surface area (Å²) < 4.78 is 33.5. The fraction of sp³-hybridized carbons (Fsp3) is 0.381. The number of benzene rings is 2. The largest absolute Gasteiger partial charge is 0.497 e. The van der Waals surface area contributed by atoms with E-state index in [1.54, 1.807) is 31.4 Å². The lowest BCUT2D eigenvalue weighted by molar-refractivity contribution is -0.132. The minimum atomic E-state index is -3.64. The van der Waals surface area contributed by atoms with Crippen LogP contribution in [0.5, 0.6) is 5.75 Å². The van der Waals surface area contributed by atoms with Crippen molar-refractivity contribution in [3.05, 3.63) is 58.6 Å². The molecule has 0 spiro atoms. The van der Waals surface area contributed by atoms with Gasteiger partial charge in [-0.2, -0.15) is 4.31 Å². The maximum Gasteiger partial charge on any atom is 0.243 e. The van der Waals surface area contributed by atoms with Crippen LogP contribution in [0.25, 0.3) is 0 Å². The third-order valence-corrected chi connectivity index (χ3v) is 7.64. The molecule has 1 aliphatic heterocycles. The van der Waals surface area contributed by atoms with Crippen LogP contribution in [-0.4, -0.2) is 38.8 Å². The first kappa shape index (κ1) is 21.8. The van der Waals surface area contributed by atoms with Gasteiger partial charge in [0.1, 0.15) is 5.75 Å². The van der Waals surface area contributed by atoms with E-state index >= 15 is 0 Å². The summed E-state index contributed by atoms with van der Waals surface area (Å²) in [4.78, 5) is 13.2. The number of halogens is 1. The van der Waals surface area contributed by atoms with Gasteiger partial charge in [0.25, 0.3) is 0 Å². The zero-order chi connectivity index (χ0) is 21.1. The maximum atomic E-state index is 13.0. The van der Waals surface area contributed by atoms with Crippen molar-refractivity contribution in [2.24, 2.45) is 5.41 Å². The minimum absolute atomic E-state index is 0.143. The van der Waals surface area contributed by atoms with Crippen molar-refractivity contribution in [2.45, 2.75) is 31.2 Å². The van der Waals surface area contributed by atoms with E-state index in [0.29, 0.717) is 25.9 Å². The van der Waals surface area contributed by atoms with E-state index < -0.39 is 15.4 Å². The summed E-state index contributed by atoms with van der Waals surface area (Å²) in [6.45, 7) is 2.77. The van der Waals surface area contributed by atoms with Crippen LogP contribution in [0.2, 0.25) is 0 Å². The Balaban J connectivity index is 1.70. The van der Waals surface area contributed by atoms with Crippen molar-refractivity contribution in [3.8, 4) is 5.75 Å². The highest BCUT2D eigenvalue weighted by Crippen LogP contribution is 2.33. The number of carbonyl (C=O) groups excluding carboxylic acids is 1. The molecule has 0 bridgehead atoms. The average Bonchev–Trinajstić information content (AvgIpc) is 2.72. The summed E-state index contributed by atoms with van der Waals surface area (Å²) in [5, 5.41) is 2.96. The highest BCUT2D eigenvalue weighted by molar-refractivity contribution is 9.10. The van der Waals surface area contributed by atoms with E-state index in [4.69, 9.17) is 4.74 Å². The van der Waals surface area contributed by atoms with Crippen molar-refractivity contribution in [3.63, 3.8) is 0 Å². The molecule has 1 aliphatic rings. The number of amides is 1. The molecule has 2 aromatic carbocycles. The number of sulfonamides is 1. The van der Waals surface area contributed by atoms with Gasteiger partial charge in [0.05, 0.1) is 17.4 Å². The molecule has 1 N–H and O–H groups in total. The van der Waals surface area contributed by atoms with Crippen molar-refractivity contribution >= 4 is 31.9 Å². The summed E-state index contributed by atoms with van der Waals surface area (Å²) in [6, 6.07) is 14.1. The molecule has 0 aliphatic carbocycles. The van der Waals surface area contributed by atoms with Crippen LogP contribution in [0, 0.1) is 5.41 Å². The predicted octanol–water partition coefficient (Wildman–Crippen LogP) is 3.56. The second-order valence-electron chi connectivity index (χ2n) is 7.49. The van der Waals surface area contributed by atoms with E-state index in [9.17, 15) is 13.2 Å². The Labute approximate surface area is 180 Å². The van der Waals surface area contributed by atoms with Crippen molar-refractivity contribution in [1.29, 1.82) is 0 Å². The highest BCUT2D eigenvalue weighted by atomic mass is 79.9. The zero-order valence-corrected chi connectivity index (χ0v) is 18.9. The molecule has 29 heavy (non-hydrogen) atoms. The van der Waals surface area contributed by atoms with Gasteiger partial charge in [-0.25, -0.2) is 8.42 Å². The Kier molecular flexibility index (Phi) is 6.65. The number of methoxy groups -OCH3 is 1. The van der Waals surface area contributed by atoms with Crippen molar-refractivity contribution in [1.82, 2.24) is 9.62 Å². The molecule has 0 radical (unpaired) electrons. The van der Waals surface area contributed by atoms with E-state index in [1.165, 1.54) is 4.31 Å². The van der Waals surface area contributed by atoms with E-state index in [2.05, 4.69) is 21.2 Å². The summed E-state index contributed by atoms with van der Waals surface area (Å²) in [5.74, 6) is 0.586. The molecule has 8 heteroatoms. The van der Waals surface area contributed by atoms with E-state index in [0.717, 1.165) is 15.8 Å². The van der Waals surface area contributed by atoms with Crippen LogP contribution in [-0.2, 0) is 21.4 Å². The van der Waals surface area contributed by atoms with Crippen LogP contribution in [0.3, 0.4) is 0 Å². The van der Waals surface area contributed by atoms with Crippen LogP contribution in [0.1, 0.15) is 25.3 Å². The summed E-state index contributed by atoms with van der Waals surface area (Å²) in [5.41, 5.74) is 0.149. The van der Waals surface area contributed by atoms with Gasteiger partial charge in [0, 0.05) is 24.1 Å². The van der Waals surface area contributed by atoms with Crippen LogP contribution in [0.4, 0.5) is 0 Å². The Hall–Kier alpha value is -1.90. The Morgan fingerprint density at radius 3 is 2.66 bits per heavy atom. The van der Waals surface area contributed by atoms with Gasteiger partial charge in [-0.15, -0.1) is 0 Å². The minimum Gasteiger partial charge on any atom is -0.497 e. The third-order valence-electron chi connectivity index (χ3n) is 5.25. The standard InChI is InChI=1S/C21H25BrN2O4S/c1-21(20(25)23-14-16-5-3-6-18(13-16)28-2)11-4-12-24(15-21)29(26,27)19-9-7-17(22)8-10-19/h3,5-10,13H,4,11-12,14-15H2,1-2H3,(H,23,25)/t21-/m1/s1. The first-order chi connectivity index (χ1) is 13.7. The predicted molar refractivity (Wildman–Crippen MR) is 115 cm³/mol. The lowest BCUT2D eigenvalue weighted by Crippen LogP contribution is -2.51. The third kappa shape index (κ3) is 4.99. The van der Waals surface area contributed by atoms with E-state index in [-0.39, 0.29) is 17.3 Å². The summed E-state index contributed by atoms with van der Waals surface area (Å²) in [6.07, 6.45) is 1.28. The van der Waals surface area contributed by atoms with Gasteiger partial charge < -0.3 is 10.1 Å². The van der Waals surface area contributed by atoms with Crippen LogP contribution >= 0.6 is 15.9 Å². The van der Waals surface area contributed by atoms with Crippen molar-refractivity contribution in [2.75, 3.05) is 20.2 Å². The lowest BCUT2D eigenvalue weighted by Gasteiger charge is -2.38. The van der Waals surface area contributed by atoms with Gasteiger partial charge in [-0.05, 0) is 61.7 Å². The molecule has 0 aromatic heterocycles. The maximum absolute atomic E-state index is 13.0. The molecule has 0 unspecified atom stereocenters. The second-order valence-corrected chi connectivity index (χ2v) is 10.3. The molecule has 1 saturated heterocycles. The average molecular weight is 481 g/mol. The SMILES string of the molecule is COc1cccc(CNC(=O)[C@]2(C)CCCN(S(=O)(=O)c3ccc(Br)cc3)C2)c1. The Bertz CT molecular complexity index is 978. The number of hydrogen-bond donors (Lipinski definition) is 1. The Morgan fingerprint density at radius 1 is 1.24 bits per heavy atom. The normalized spacial score (nSPS) is 20.2. The molecule has 1 fully saturated rings. The van der Waals surface area contributed by atoms with Crippen LogP contribution < -0.4 is 10.1 Å². The molecule has 3 rings (SSSR count). The van der Waals surface area contributed by atoms with Gasteiger partial charge >= 0.3 is 0 Å². The van der Waals surface area contributed by atoms with Crippen molar-refractivity contribution < 1.29 is 17.9 Å². The second kappa shape index (κ2) is 8.85. The number of hydrogen-bond acceptors (Lipinski definition) is 4. The molecule has 1 amide bonds. The summed E-state index contributed by atoms with van der Waals surface area (Å²) in [7, 11) is -2.05. The van der Waals surface area contributed by atoms with Gasteiger partial charge in [0.15, 0.2) is 0 Å². The molecule has 6 nitrogen and oxygen atoms in total. The first-order valence-corrected chi connectivity index (χ1v) is 11.6. The number of rotatable bonds is 6. The lowest BCUT2D eigenvalue weighted by atomic mass is 9.82. The molecule has 1 atom stereocenters. The van der Waals surface area contributed by atoms with Gasteiger partial charge in [0.2, 0.25) is 15.9 Å². The molecule has 2 aromatic rings. The number of ether oxygens (including phenoxy) is 1. The highest BCUT2D eigenvalue weighted by Gasteiger charge is 2.41. The Morgan fingerprint density at radius 2 is 1.97 bits per heavy atom. The molecular weight excluding hydrogens is 456 g/mol. The number of nitrogens with zero attached hydrogens (tertiary/aromatic N) is 1. The van der Waals surface area contributed by atoms with E-state index in [1.807, 2.05) is 31.2 Å². The molecule has 156 valence electrons. The fourth-order valence-electron chi connectivity index (χ4n) is 3.52. The topological polar surface area (TPSA) is 75.7 Å². The molecule has 1 heterocycles. The quantitative estimate of drug-likeness (QED) is 0.685. The monoisotopic (exact) mass is 480 g/mol. The number of nitrogens with one attached hydrogen (secondary N) is 1. The fourth-order valence-corrected chi connectivity index (χ4v) is 5.38. The zero-order valence-electron chi connectivity index (χ0n) is 16.5. The first-order valence-electron chi connectivity index (χ1n) is 9.41. The molecule has 0 saturated carbocycles. The number of carbonyl (C=O) groups is 1. The van der Waals surface area contributed by atoms with Crippen LogP contribution in [0.15, 0.2) is 57.9 Å². The smallest absolute Gasteiger partial charge is 0.243 e. The van der Waals surface area contributed by atoms with Gasteiger partial charge in [-0.3, -0.25) is 4.79 Å².